The van der Waals surface area contributed by atoms with E-state index in [2.05, 4.69) is 5.32 Å². The van der Waals surface area contributed by atoms with Gasteiger partial charge in [0.15, 0.2) is 0 Å². The van der Waals surface area contributed by atoms with Gasteiger partial charge in [-0.3, -0.25) is 4.79 Å². The lowest BCUT2D eigenvalue weighted by atomic mass is 10.2. The van der Waals surface area contributed by atoms with Gasteiger partial charge < -0.3 is 15.3 Å². The molecule has 1 saturated heterocycles. The van der Waals surface area contributed by atoms with Crippen LogP contribution in [0.15, 0.2) is 30.3 Å². The molecule has 1 aliphatic rings. The minimum absolute atomic E-state index is 0.0850. The number of hydrogen-bond donors (Lipinski definition) is 2. The van der Waals surface area contributed by atoms with Crippen molar-refractivity contribution in [3.8, 4) is 0 Å². The fraction of sp³-hybridized carbons (Fsp3) is 0.500. The van der Waals surface area contributed by atoms with Crippen molar-refractivity contribution < 1.29 is 9.90 Å². The van der Waals surface area contributed by atoms with Gasteiger partial charge >= 0.3 is 0 Å². The molecule has 98 valence electrons. The molecule has 1 aromatic carbocycles. The molecule has 2 rings (SSSR count). The largest absolute Gasteiger partial charge is 0.395 e. The van der Waals surface area contributed by atoms with E-state index in [1.807, 2.05) is 42.2 Å². The van der Waals surface area contributed by atoms with Gasteiger partial charge in [-0.05, 0) is 25.5 Å². The third kappa shape index (κ3) is 3.09. The van der Waals surface area contributed by atoms with Gasteiger partial charge in [0, 0.05) is 30.7 Å². The highest BCUT2D eigenvalue weighted by atomic mass is 16.3. The van der Waals surface area contributed by atoms with E-state index in [0.717, 1.165) is 25.1 Å². The monoisotopic (exact) mass is 248 g/mol. The van der Waals surface area contributed by atoms with Gasteiger partial charge in [0.1, 0.15) is 0 Å². The molecule has 0 bridgehead atoms. The summed E-state index contributed by atoms with van der Waals surface area (Å²) in [5.41, 5.74) is 0.744. The first-order valence-electron chi connectivity index (χ1n) is 6.42. The van der Waals surface area contributed by atoms with Crippen LogP contribution in [-0.4, -0.2) is 47.7 Å². The number of carbonyl (C=O) groups excluding carboxylic acids is 1. The van der Waals surface area contributed by atoms with Crippen LogP contribution in [0.5, 0.6) is 0 Å². The number of aliphatic hydroxyl groups is 1. The van der Waals surface area contributed by atoms with E-state index >= 15 is 0 Å². The lowest BCUT2D eigenvalue weighted by Crippen LogP contribution is -2.41. The summed E-state index contributed by atoms with van der Waals surface area (Å²) in [6.07, 6.45) is 0.947. The summed E-state index contributed by atoms with van der Waals surface area (Å²) in [5.74, 6) is 0.0940. The lowest BCUT2D eigenvalue weighted by Gasteiger charge is -2.19. The molecule has 2 N–H and O–H groups in total. The maximum absolute atomic E-state index is 12.2. The second-order valence-electron chi connectivity index (χ2n) is 4.85. The van der Waals surface area contributed by atoms with Gasteiger partial charge in [-0.25, -0.2) is 0 Å². The quantitative estimate of drug-likeness (QED) is 0.831. The van der Waals surface area contributed by atoms with Crippen molar-refractivity contribution in [2.75, 3.05) is 19.7 Å². The predicted molar refractivity (Wildman–Crippen MR) is 70.4 cm³/mol. The molecule has 0 spiro atoms. The maximum Gasteiger partial charge on any atom is 0.253 e. The molecule has 0 radical (unpaired) electrons. The van der Waals surface area contributed by atoms with E-state index in [4.69, 9.17) is 5.11 Å². The molecular weight excluding hydrogens is 228 g/mol. The van der Waals surface area contributed by atoms with Crippen LogP contribution < -0.4 is 5.32 Å². The number of rotatable bonds is 4. The highest BCUT2D eigenvalue weighted by Gasteiger charge is 2.27. The molecule has 1 aliphatic heterocycles. The third-order valence-electron chi connectivity index (χ3n) is 3.29. The van der Waals surface area contributed by atoms with Crippen molar-refractivity contribution in [2.45, 2.75) is 25.4 Å². The number of likely N-dealkylation sites (tertiary alicyclic amines) is 1. The van der Waals surface area contributed by atoms with Crippen LogP contribution in [-0.2, 0) is 0 Å². The van der Waals surface area contributed by atoms with E-state index in [9.17, 15) is 4.79 Å². The SMILES string of the molecule is C[C@@H](CO)N[C@@H]1CCN(C(=O)c2ccccc2)C1. The fourth-order valence-corrected chi connectivity index (χ4v) is 2.30. The maximum atomic E-state index is 12.2. The van der Waals surface area contributed by atoms with E-state index < -0.39 is 0 Å². The Kier molecular flexibility index (Phi) is 4.33. The molecule has 0 unspecified atom stereocenters. The minimum Gasteiger partial charge on any atom is -0.395 e. The van der Waals surface area contributed by atoms with Crippen molar-refractivity contribution in [1.82, 2.24) is 10.2 Å². The van der Waals surface area contributed by atoms with Crippen LogP contribution in [0.3, 0.4) is 0 Å². The van der Waals surface area contributed by atoms with Gasteiger partial charge in [0.2, 0.25) is 0 Å². The summed E-state index contributed by atoms with van der Waals surface area (Å²) >= 11 is 0. The van der Waals surface area contributed by atoms with Crippen molar-refractivity contribution in [3.63, 3.8) is 0 Å². The summed E-state index contributed by atoms with van der Waals surface area (Å²) in [6.45, 7) is 3.58. The first-order valence-corrected chi connectivity index (χ1v) is 6.42. The predicted octanol–water partition coefficient (Wildman–Crippen LogP) is 0.871. The Hall–Kier alpha value is -1.39. The number of carbonyl (C=O) groups is 1. The number of hydrogen-bond acceptors (Lipinski definition) is 3. The Labute approximate surface area is 108 Å². The zero-order valence-electron chi connectivity index (χ0n) is 10.7. The second-order valence-corrected chi connectivity index (χ2v) is 4.85. The smallest absolute Gasteiger partial charge is 0.253 e. The number of aliphatic hydroxyl groups excluding tert-OH is 1. The van der Waals surface area contributed by atoms with Crippen LogP contribution in [0.1, 0.15) is 23.7 Å². The summed E-state index contributed by atoms with van der Waals surface area (Å²) in [7, 11) is 0. The summed E-state index contributed by atoms with van der Waals surface area (Å²) in [6, 6.07) is 9.74. The Morgan fingerprint density at radius 1 is 1.50 bits per heavy atom. The Morgan fingerprint density at radius 2 is 2.22 bits per heavy atom. The number of nitrogens with zero attached hydrogens (tertiary/aromatic N) is 1. The Balaban J connectivity index is 1.91. The highest BCUT2D eigenvalue weighted by Crippen LogP contribution is 2.14. The number of nitrogens with one attached hydrogen (secondary N) is 1. The van der Waals surface area contributed by atoms with Crippen LogP contribution in [0, 0.1) is 0 Å². The lowest BCUT2D eigenvalue weighted by molar-refractivity contribution is 0.0788. The molecular formula is C14H20N2O2. The van der Waals surface area contributed by atoms with Crippen LogP contribution >= 0.6 is 0 Å². The zero-order valence-corrected chi connectivity index (χ0v) is 10.7. The van der Waals surface area contributed by atoms with Crippen molar-refractivity contribution in [2.24, 2.45) is 0 Å². The molecule has 0 aliphatic carbocycles. The van der Waals surface area contributed by atoms with Crippen LogP contribution in [0.25, 0.3) is 0 Å². The molecule has 2 atom stereocenters. The standard InChI is InChI=1S/C14H20N2O2/c1-11(10-17)15-13-7-8-16(9-13)14(18)12-5-3-2-4-6-12/h2-6,11,13,15,17H,7-10H2,1H3/t11-,13+/m0/s1. The van der Waals surface area contributed by atoms with Gasteiger partial charge in [0.25, 0.3) is 5.91 Å². The molecule has 4 heteroatoms. The number of amides is 1. The van der Waals surface area contributed by atoms with Crippen LogP contribution in [0.2, 0.25) is 0 Å². The Bertz CT molecular complexity index is 394. The number of benzene rings is 1. The third-order valence-corrected chi connectivity index (χ3v) is 3.29. The molecule has 1 amide bonds. The normalized spacial score (nSPS) is 21.0. The van der Waals surface area contributed by atoms with Gasteiger partial charge in [-0.15, -0.1) is 0 Å². The second kappa shape index (κ2) is 5.98. The van der Waals surface area contributed by atoms with Crippen molar-refractivity contribution in [3.05, 3.63) is 35.9 Å². The van der Waals surface area contributed by atoms with E-state index in [1.54, 1.807) is 0 Å². The van der Waals surface area contributed by atoms with E-state index in [1.165, 1.54) is 0 Å². The summed E-state index contributed by atoms with van der Waals surface area (Å²) in [5, 5.41) is 12.3. The molecule has 1 fully saturated rings. The zero-order chi connectivity index (χ0) is 13.0. The minimum atomic E-state index is 0.0850. The van der Waals surface area contributed by atoms with Gasteiger partial charge in [-0.1, -0.05) is 18.2 Å². The summed E-state index contributed by atoms with van der Waals surface area (Å²) in [4.78, 5) is 14.1. The first-order chi connectivity index (χ1) is 8.70. The van der Waals surface area contributed by atoms with Crippen molar-refractivity contribution in [1.29, 1.82) is 0 Å². The van der Waals surface area contributed by atoms with Gasteiger partial charge in [-0.2, -0.15) is 0 Å². The molecule has 1 aromatic rings. The first kappa shape index (κ1) is 13.1. The molecule has 0 saturated carbocycles. The van der Waals surface area contributed by atoms with Crippen molar-refractivity contribution >= 4 is 5.91 Å². The van der Waals surface area contributed by atoms with Gasteiger partial charge in [0.05, 0.1) is 6.61 Å². The topological polar surface area (TPSA) is 52.6 Å². The average Bonchev–Trinajstić information content (AvgIpc) is 2.87. The Morgan fingerprint density at radius 3 is 2.89 bits per heavy atom. The van der Waals surface area contributed by atoms with E-state index in [-0.39, 0.29) is 18.6 Å². The fourth-order valence-electron chi connectivity index (χ4n) is 2.30. The van der Waals surface area contributed by atoms with E-state index in [0.29, 0.717) is 6.04 Å². The van der Waals surface area contributed by atoms with Crippen LogP contribution in [0.4, 0.5) is 0 Å². The molecule has 0 aromatic heterocycles. The summed E-state index contributed by atoms with van der Waals surface area (Å²) < 4.78 is 0. The molecule has 18 heavy (non-hydrogen) atoms. The molecule has 1 heterocycles. The molecule has 4 nitrogen and oxygen atoms in total. The highest BCUT2D eigenvalue weighted by molar-refractivity contribution is 5.94. The average molecular weight is 248 g/mol.